The third-order valence-corrected chi connectivity index (χ3v) is 0.880. The van der Waals surface area contributed by atoms with Gasteiger partial charge in [0.15, 0.2) is 11.5 Å². The van der Waals surface area contributed by atoms with E-state index < -0.39 is 0 Å². The van der Waals surface area contributed by atoms with Gasteiger partial charge in [0.25, 0.3) is 0 Å². The zero-order valence-electron chi connectivity index (χ0n) is 4.67. The molecule has 0 saturated heterocycles. The minimum Gasteiger partial charge on any atom is -1.00 e. The average Bonchev–Trinajstić information content (AvgIpc) is 1.77. The van der Waals surface area contributed by atoms with Crippen molar-refractivity contribution in [2.75, 3.05) is 0 Å². The molecular weight excluding hydrogens is 229 g/mol. The van der Waals surface area contributed by atoms with Crippen LogP contribution in [0.25, 0.3) is 0 Å². The molecule has 0 aromatic heterocycles. The van der Waals surface area contributed by atoms with Gasteiger partial charge in [0, 0.05) is 12.2 Å². The van der Waals surface area contributed by atoms with E-state index in [2.05, 4.69) is 0 Å². The summed E-state index contributed by atoms with van der Waals surface area (Å²) in [4.78, 5) is 10.4. The van der Waals surface area contributed by atoms with Crippen LogP contribution in [0.3, 0.4) is 0 Å². The predicted octanol–water partition coefficient (Wildman–Crippen LogP) is -4.11. The maximum Gasteiger partial charge on any atom is 0.196 e. The second-order valence-corrected chi connectivity index (χ2v) is 1.57. The van der Waals surface area contributed by atoms with Crippen LogP contribution in [-0.4, -0.2) is 11.5 Å². The first-order valence-electron chi connectivity index (χ1n) is 2.31. The SMILES string of the molecule is [I-].[NH2+]=C1C=CC(=O)C=C1. The Morgan fingerprint density at radius 1 is 1.11 bits per heavy atom. The Hall–Kier alpha value is -0.450. The van der Waals surface area contributed by atoms with E-state index in [4.69, 9.17) is 5.41 Å². The lowest BCUT2D eigenvalue weighted by molar-refractivity contribution is -0.113. The maximum atomic E-state index is 10.4. The summed E-state index contributed by atoms with van der Waals surface area (Å²) in [6.45, 7) is 0. The van der Waals surface area contributed by atoms with Crippen LogP contribution in [0.2, 0.25) is 0 Å². The molecule has 0 aliphatic heterocycles. The van der Waals surface area contributed by atoms with Gasteiger partial charge in [-0.05, 0) is 12.2 Å². The zero-order chi connectivity index (χ0) is 5.98. The zero-order valence-corrected chi connectivity index (χ0v) is 6.83. The van der Waals surface area contributed by atoms with Crippen LogP contribution in [0.5, 0.6) is 0 Å². The number of nitrogens with two attached hydrogens (primary N) is 1. The van der Waals surface area contributed by atoms with Crippen LogP contribution in [0.15, 0.2) is 24.3 Å². The minimum atomic E-state index is -0.000741. The highest BCUT2D eigenvalue weighted by Crippen LogP contribution is 1.88. The second-order valence-electron chi connectivity index (χ2n) is 1.57. The molecule has 0 amide bonds. The van der Waals surface area contributed by atoms with Crippen LogP contribution in [0, 0.1) is 0 Å². The fraction of sp³-hybridized carbons (Fsp3) is 0. The lowest BCUT2D eigenvalue weighted by Crippen LogP contribution is -3.00. The summed E-state index contributed by atoms with van der Waals surface area (Å²) in [7, 11) is 0. The molecule has 3 heteroatoms. The van der Waals surface area contributed by atoms with Gasteiger partial charge in [-0.1, -0.05) is 0 Å². The van der Waals surface area contributed by atoms with E-state index in [1.165, 1.54) is 12.2 Å². The Morgan fingerprint density at radius 3 is 1.89 bits per heavy atom. The Morgan fingerprint density at radius 2 is 1.56 bits per heavy atom. The van der Waals surface area contributed by atoms with Crippen molar-refractivity contribution >= 4 is 11.5 Å². The largest absolute Gasteiger partial charge is 1.00 e. The van der Waals surface area contributed by atoms with Gasteiger partial charge in [-0.25, -0.2) is 0 Å². The molecule has 9 heavy (non-hydrogen) atoms. The Balaban J connectivity index is 0.000000640. The normalized spacial score (nSPS) is 15.6. The van der Waals surface area contributed by atoms with E-state index in [0.717, 1.165) is 0 Å². The molecule has 0 fully saturated rings. The van der Waals surface area contributed by atoms with Gasteiger partial charge in [-0.3, -0.25) is 10.2 Å². The average molecular weight is 235 g/mol. The Labute approximate surface area is 70.2 Å². The first-order valence-corrected chi connectivity index (χ1v) is 2.31. The molecule has 2 nitrogen and oxygen atoms in total. The van der Waals surface area contributed by atoms with Gasteiger partial charge in [0.2, 0.25) is 0 Å². The molecule has 2 N–H and O–H groups in total. The third-order valence-electron chi connectivity index (χ3n) is 0.880. The standard InChI is InChI=1S/C6H5NO.HI/c7-5-1-3-6(8)4-2-5;/h1-4,7H;1H. The first kappa shape index (κ1) is 8.55. The van der Waals surface area contributed by atoms with Crippen molar-refractivity contribution in [2.45, 2.75) is 0 Å². The molecule has 0 saturated carbocycles. The smallest absolute Gasteiger partial charge is 0.196 e. The summed E-state index contributed by atoms with van der Waals surface area (Å²) in [5.74, 6) is -0.000741. The lowest BCUT2D eigenvalue weighted by atomic mass is 10.2. The van der Waals surface area contributed by atoms with Crippen molar-refractivity contribution < 1.29 is 34.2 Å². The van der Waals surface area contributed by atoms with E-state index in [9.17, 15) is 4.79 Å². The maximum absolute atomic E-state index is 10.4. The Kier molecular flexibility index (Phi) is 3.37. The van der Waals surface area contributed by atoms with Crippen LogP contribution in [0.1, 0.15) is 0 Å². The number of carbonyl (C=O) groups excluding carboxylic acids is 1. The van der Waals surface area contributed by atoms with Crippen molar-refractivity contribution in [3.8, 4) is 0 Å². The molecule has 1 rings (SSSR count). The summed E-state index contributed by atoms with van der Waals surface area (Å²) in [5, 5.41) is 5.29. The van der Waals surface area contributed by atoms with Crippen LogP contribution < -0.4 is 29.4 Å². The first-order chi connectivity index (χ1) is 3.79. The number of allylic oxidation sites excluding steroid dienone is 4. The number of rotatable bonds is 0. The second kappa shape index (κ2) is 3.55. The summed E-state index contributed by atoms with van der Waals surface area (Å²) in [6.07, 6.45) is 6.05. The minimum absolute atomic E-state index is 0. The van der Waals surface area contributed by atoms with Gasteiger partial charge in [0.1, 0.15) is 0 Å². The molecule has 0 spiro atoms. The molecular formula is C6H6INO. The molecule has 0 aromatic carbocycles. The summed E-state index contributed by atoms with van der Waals surface area (Å²) in [6, 6.07) is 0. The fourth-order valence-corrected chi connectivity index (χ4v) is 0.468. The van der Waals surface area contributed by atoms with Crippen LogP contribution in [-0.2, 0) is 4.79 Å². The van der Waals surface area contributed by atoms with Crippen molar-refractivity contribution in [1.82, 2.24) is 0 Å². The number of hydrogen-bond acceptors (Lipinski definition) is 1. The van der Waals surface area contributed by atoms with E-state index in [1.54, 1.807) is 12.2 Å². The molecule has 1 aliphatic rings. The Bertz CT molecular complexity index is 155. The lowest BCUT2D eigenvalue weighted by Gasteiger charge is -1.86. The van der Waals surface area contributed by atoms with Gasteiger partial charge < -0.3 is 24.0 Å². The quantitative estimate of drug-likeness (QED) is 0.336. The predicted molar refractivity (Wildman–Crippen MR) is 30.2 cm³/mol. The van der Waals surface area contributed by atoms with E-state index in [1.807, 2.05) is 0 Å². The van der Waals surface area contributed by atoms with Crippen LogP contribution in [0.4, 0.5) is 0 Å². The summed E-state index contributed by atoms with van der Waals surface area (Å²) >= 11 is 0. The van der Waals surface area contributed by atoms with Crippen LogP contribution >= 0.6 is 0 Å². The fourth-order valence-electron chi connectivity index (χ4n) is 0.468. The van der Waals surface area contributed by atoms with Crippen molar-refractivity contribution in [1.29, 1.82) is 0 Å². The molecule has 1 aliphatic carbocycles. The van der Waals surface area contributed by atoms with Gasteiger partial charge in [-0.2, -0.15) is 0 Å². The third kappa shape index (κ3) is 2.55. The topological polar surface area (TPSA) is 42.7 Å². The van der Waals surface area contributed by atoms with E-state index in [-0.39, 0.29) is 29.8 Å². The van der Waals surface area contributed by atoms with Gasteiger partial charge >= 0.3 is 0 Å². The molecule has 0 aromatic rings. The number of hydrogen-bond donors (Lipinski definition) is 1. The number of ketones is 1. The number of halogens is 1. The summed E-state index contributed by atoms with van der Waals surface area (Å²) < 4.78 is 0. The molecule has 0 atom stereocenters. The summed E-state index contributed by atoms with van der Waals surface area (Å²) in [5.41, 5.74) is 0.629. The van der Waals surface area contributed by atoms with Crippen molar-refractivity contribution in [3.05, 3.63) is 24.3 Å². The molecule has 0 bridgehead atoms. The molecule has 0 unspecified atom stereocenters. The monoisotopic (exact) mass is 235 g/mol. The van der Waals surface area contributed by atoms with Crippen molar-refractivity contribution in [3.63, 3.8) is 0 Å². The van der Waals surface area contributed by atoms with Gasteiger partial charge in [-0.15, -0.1) is 0 Å². The molecule has 48 valence electrons. The van der Waals surface area contributed by atoms with Crippen molar-refractivity contribution in [2.24, 2.45) is 0 Å². The number of carbonyl (C=O) groups is 1. The highest BCUT2D eigenvalue weighted by Gasteiger charge is 1.99. The van der Waals surface area contributed by atoms with Gasteiger partial charge in [0.05, 0.1) is 0 Å². The molecule has 0 radical (unpaired) electrons. The van der Waals surface area contributed by atoms with E-state index >= 15 is 0 Å². The van der Waals surface area contributed by atoms with E-state index in [0.29, 0.717) is 5.71 Å². The molecule has 0 heterocycles. The highest BCUT2D eigenvalue weighted by atomic mass is 127. The highest BCUT2D eigenvalue weighted by molar-refractivity contribution is 6.14.